The fraction of sp³-hybridized carbons (Fsp3) is 0.786. The summed E-state index contributed by atoms with van der Waals surface area (Å²) in [5, 5.41) is 7.31. The van der Waals surface area contributed by atoms with Crippen LogP contribution in [0.15, 0.2) is 4.42 Å². The van der Waals surface area contributed by atoms with Gasteiger partial charge in [-0.1, -0.05) is 13.3 Å². The Hall–Kier alpha value is -1.80. The standard InChI is InChI=1S/C14H18F3N3O3/c1-2-3-6-22-12(21)20-7-9(8-20)10-18-19-11(23-10)13(4-5-13)14(15,16)17/h9H,2-8H2,1H3. The maximum atomic E-state index is 13.0. The molecule has 0 spiro atoms. The van der Waals surface area contributed by atoms with Crippen LogP contribution in [0.1, 0.15) is 50.3 Å². The average Bonchev–Trinajstić information content (AvgIpc) is 3.12. The van der Waals surface area contributed by atoms with Crippen LogP contribution < -0.4 is 0 Å². The number of rotatable bonds is 5. The van der Waals surface area contributed by atoms with Gasteiger partial charge in [-0.15, -0.1) is 10.2 Å². The van der Waals surface area contributed by atoms with Gasteiger partial charge in [0.25, 0.3) is 0 Å². The molecule has 2 fully saturated rings. The molecule has 23 heavy (non-hydrogen) atoms. The molecule has 0 bridgehead atoms. The highest BCUT2D eigenvalue weighted by Gasteiger charge is 2.68. The van der Waals surface area contributed by atoms with Crippen molar-refractivity contribution in [3.63, 3.8) is 0 Å². The Labute approximate surface area is 131 Å². The number of hydrogen-bond donors (Lipinski definition) is 0. The molecule has 1 saturated carbocycles. The summed E-state index contributed by atoms with van der Waals surface area (Å²) in [5.74, 6) is -0.420. The molecule has 1 aromatic rings. The van der Waals surface area contributed by atoms with Crippen LogP contribution in [-0.2, 0) is 10.2 Å². The fourth-order valence-electron chi connectivity index (χ4n) is 2.52. The lowest BCUT2D eigenvalue weighted by Gasteiger charge is -2.36. The largest absolute Gasteiger partial charge is 0.449 e. The lowest BCUT2D eigenvalue weighted by molar-refractivity contribution is -0.165. The van der Waals surface area contributed by atoms with E-state index in [1.165, 1.54) is 4.90 Å². The second kappa shape index (κ2) is 5.68. The van der Waals surface area contributed by atoms with Crippen LogP contribution in [0.2, 0.25) is 0 Å². The first-order valence-electron chi connectivity index (χ1n) is 7.69. The number of ether oxygens (including phenoxy) is 1. The number of carbonyl (C=O) groups excluding carboxylic acids is 1. The van der Waals surface area contributed by atoms with Crippen LogP contribution in [0.5, 0.6) is 0 Å². The number of likely N-dealkylation sites (tertiary alicyclic amines) is 1. The second-order valence-electron chi connectivity index (χ2n) is 6.10. The summed E-state index contributed by atoms with van der Waals surface area (Å²) in [6.45, 7) is 3.01. The zero-order valence-corrected chi connectivity index (χ0v) is 12.7. The highest BCUT2D eigenvalue weighted by Crippen LogP contribution is 2.58. The van der Waals surface area contributed by atoms with Crippen molar-refractivity contribution < 1.29 is 27.1 Å². The number of nitrogens with zero attached hydrogens (tertiary/aromatic N) is 3. The first-order chi connectivity index (χ1) is 10.9. The lowest BCUT2D eigenvalue weighted by atomic mass is 10.0. The number of unbranched alkanes of at least 4 members (excludes halogenated alkanes) is 1. The SMILES string of the molecule is CCCCOC(=O)N1CC(c2nnc(C3(C(F)(F)F)CC3)o2)C1. The Kier molecular flexibility index (Phi) is 3.97. The van der Waals surface area contributed by atoms with E-state index in [1.807, 2.05) is 6.92 Å². The average molecular weight is 333 g/mol. The maximum absolute atomic E-state index is 13.0. The third-order valence-corrected chi connectivity index (χ3v) is 4.36. The topological polar surface area (TPSA) is 68.5 Å². The third-order valence-electron chi connectivity index (χ3n) is 4.36. The minimum absolute atomic E-state index is 0.0152. The molecular weight excluding hydrogens is 315 g/mol. The molecule has 6 nitrogen and oxygen atoms in total. The highest BCUT2D eigenvalue weighted by atomic mass is 19.4. The van der Waals surface area contributed by atoms with Crippen LogP contribution in [0.4, 0.5) is 18.0 Å². The number of hydrogen-bond acceptors (Lipinski definition) is 5. The van der Waals surface area contributed by atoms with Crippen molar-refractivity contribution in [2.45, 2.75) is 50.1 Å². The van der Waals surface area contributed by atoms with Gasteiger partial charge in [0.1, 0.15) is 5.41 Å². The summed E-state index contributed by atoms with van der Waals surface area (Å²) < 4.78 is 49.3. The second-order valence-corrected chi connectivity index (χ2v) is 6.10. The van der Waals surface area contributed by atoms with Crippen LogP contribution in [0.3, 0.4) is 0 Å². The van der Waals surface area contributed by atoms with Crippen molar-refractivity contribution in [2.24, 2.45) is 0 Å². The van der Waals surface area contributed by atoms with Crippen LogP contribution in [0.25, 0.3) is 0 Å². The van der Waals surface area contributed by atoms with Gasteiger partial charge in [0, 0.05) is 13.1 Å². The number of halogens is 3. The zero-order chi connectivity index (χ0) is 16.7. The van der Waals surface area contributed by atoms with E-state index >= 15 is 0 Å². The minimum Gasteiger partial charge on any atom is -0.449 e. The van der Waals surface area contributed by atoms with E-state index in [2.05, 4.69) is 10.2 Å². The zero-order valence-electron chi connectivity index (χ0n) is 12.7. The van der Waals surface area contributed by atoms with Gasteiger partial charge >= 0.3 is 12.3 Å². The normalized spacial score (nSPS) is 20.3. The summed E-state index contributed by atoms with van der Waals surface area (Å²) in [7, 11) is 0. The number of alkyl halides is 3. The lowest BCUT2D eigenvalue weighted by Crippen LogP contribution is -2.48. The van der Waals surface area contributed by atoms with Crippen molar-refractivity contribution in [1.82, 2.24) is 15.1 Å². The smallest absolute Gasteiger partial charge is 0.409 e. The number of amides is 1. The molecule has 0 aromatic carbocycles. The first-order valence-corrected chi connectivity index (χ1v) is 7.69. The fourth-order valence-corrected chi connectivity index (χ4v) is 2.52. The van der Waals surface area contributed by atoms with Crippen molar-refractivity contribution in [1.29, 1.82) is 0 Å². The van der Waals surface area contributed by atoms with Gasteiger partial charge in [0.05, 0.1) is 12.5 Å². The molecule has 1 aliphatic carbocycles. The van der Waals surface area contributed by atoms with Crippen molar-refractivity contribution in [3.8, 4) is 0 Å². The number of aromatic nitrogens is 2. The Morgan fingerprint density at radius 3 is 2.65 bits per heavy atom. The molecule has 1 saturated heterocycles. The summed E-state index contributed by atoms with van der Waals surface area (Å²) >= 11 is 0. The number of carbonyl (C=O) groups is 1. The van der Waals surface area contributed by atoms with E-state index in [-0.39, 0.29) is 30.5 Å². The Bertz CT molecular complexity index is 577. The molecule has 0 N–H and O–H groups in total. The van der Waals surface area contributed by atoms with Crippen molar-refractivity contribution in [3.05, 3.63) is 11.8 Å². The molecule has 0 radical (unpaired) electrons. The minimum atomic E-state index is -4.37. The molecule has 1 aliphatic heterocycles. The molecule has 3 rings (SSSR count). The van der Waals surface area contributed by atoms with E-state index in [9.17, 15) is 18.0 Å². The summed E-state index contributed by atoms with van der Waals surface area (Å²) in [5.41, 5.74) is -1.96. The third kappa shape index (κ3) is 2.88. The van der Waals surface area contributed by atoms with Gasteiger partial charge < -0.3 is 14.1 Å². The van der Waals surface area contributed by atoms with E-state index in [4.69, 9.17) is 9.15 Å². The van der Waals surface area contributed by atoms with E-state index in [1.54, 1.807) is 0 Å². The summed E-state index contributed by atoms with van der Waals surface area (Å²) in [6, 6.07) is 0. The van der Waals surface area contributed by atoms with E-state index in [0.717, 1.165) is 12.8 Å². The van der Waals surface area contributed by atoms with Crippen LogP contribution in [-0.4, -0.2) is 47.1 Å². The van der Waals surface area contributed by atoms with Crippen LogP contribution >= 0.6 is 0 Å². The molecule has 1 aromatic heterocycles. The van der Waals surface area contributed by atoms with Gasteiger partial charge in [0.15, 0.2) is 0 Å². The molecule has 0 atom stereocenters. The first kappa shape index (κ1) is 16.1. The molecule has 2 heterocycles. The monoisotopic (exact) mass is 333 g/mol. The van der Waals surface area contributed by atoms with Crippen molar-refractivity contribution in [2.75, 3.05) is 19.7 Å². The highest BCUT2D eigenvalue weighted by molar-refractivity contribution is 5.68. The predicted molar refractivity (Wildman–Crippen MR) is 71.8 cm³/mol. The van der Waals surface area contributed by atoms with Gasteiger partial charge in [-0.3, -0.25) is 0 Å². The van der Waals surface area contributed by atoms with E-state index < -0.39 is 17.7 Å². The Morgan fingerprint density at radius 1 is 1.39 bits per heavy atom. The Morgan fingerprint density at radius 2 is 2.09 bits per heavy atom. The van der Waals surface area contributed by atoms with Gasteiger partial charge in [-0.2, -0.15) is 13.2 Å². The quantitative estimate of drug-likeness (QED) is 0.775. The van der Waals surface area contributed by atoms with Gasteiger partial charge in [-0.25, -0.2) is 4.79 Å². The molecule has 9 heteroatoms. The maximum Gasteiger partial charge on any atom is 0.409 e. The molecule has 1 amide bonds. The Balaban J connectivity index is 1.54. The molecular formula is C14H18F3N3O3. The summed E-state index contributed by atoms with van der Waals surface area (Å²) in [6.07, 6.45) is -3.08. The summed E-state index contributed by atoms with van der Waals surface area (Å²) in [4.78, 5) is 13.1. The van der Waals surface area contributed by atoms with Crippen LogP contribution in [0, 0.1) is 0 Å². The van der Waals surface area contributed by atoms with E-state index in [0.29, 0.717) is 19.7 Å². The predicted octanol–water partition coefficient (Wildman–Crippen LogP) is 3.00. The molecule has 128 valence electrons. The molecule has 0 unspecified atom stereocenters. The van der Waals surface area contributed by atoms with Crippen molar-refractivity contribution >= 4 is 6.09 Å². The van der Waals surface area contributed by atoms with Gasteiger partial charge in [0.2, 0.25) is 11.8 Å². The van der Waals surface area contributed by atoms with Gasteiger partial charge in [-0.05, 0) is 19.3 Å². The molecule has 2 aliphatic rings.